The van der Waals surface area contributed by atoms with Crippen LogP contribution in [0, 0.1) is 0 Å². The lowest BCUT2D eigenvalue weighted by molar-refractivity contribution is -0.0507. The first-order valence-corrected chi connectivity index (χ1v) is 6.08. The number of hydrazine groups is 1. The molecular formula is C13H16F2N4O. The average Bonchev–Trinajstić information content (AvgIpc) is 2.82. The highest BCUT2D eigenvalue weighted by molar-refractivity contribution is 5.36. The van der Waals surface area contributed by atoms with E-state index in [0.29, 0.717) is 12.0 Å². The molecule has 1 heterocycles. The number of hydrogen-bond donors (Lipinski definition) is 2. The van der Waals surface area contributed by atoms with Crippen LogP contribution in [0.5, 0.6) is 5.75 Å². The first kappa shape index (κ1) is 14.4. The van der Waals surface area contributed by atoms with Crippen LogP contribution in [-0.2, 0) is 13.5 Å². The third-order valence-corrected chi connectivity index (χ3v) is 3.02. The molecule has 1 aromatic heterocycles. The highest BCUT2D eigenvalue weighted by Gasteiger charge is 2.19. The van der Waals surface area contributed by atoms with Gasteiger partial charge in [0, 0.05) is 31.4 Å². The number of nitrogens with two attached hydrogens (primary N) is 1. The Morgan fingerprint density at radius 3 is 2.75 bits per heavy atom. The number of hydrogen-bond acceptors (Lipinski definition) is 4. The van der Waals surface area contributed by atoms with Gasteiger partial charge in [0.05, 0.1) is 6.04 Å². The number of aromatic nitrogens is 2. The van der Waals surface area contributed by atoms with Crippen LogP contribution in [-0.4, -0.2) is 16.2 Å². The molecule has 0 amide bonds. The summed E-state index contributed by atoms with van der Waals surface area (Å²) in [5.41, 5.74) is 3.19. The van der Waals surface area contributed by atoms with Gasteiger partial charge in [0.15, 0.2) is 0 Å². The Balaban J connectivity index is 2.25. The lowest BCUT2D eigenvalue weighted by Crippen LogP contribution is -2.30. The summed E-state index contributed by atoms with van der Waals surface area (Å²) in [4.78, 5) is 4.20. The molecule has 3 N–H and O–H groups in total. The van der Waals surface area contributed by atoms with Crippen LogP contribution in [0.15, 0.2) is 36.7 Å². The lowest BCUT2D eigenvalue weighted by Gasteiger charge is -2.19. The second-order valence-electron chi connectivity index (χ2n) is 4.29. The van der Waals surface area contributed by atoms with Crippen molar-refractivity contribution < 1.29 is 13.5 Å². The summed E-state index contributed by atoms with van der Waals surface area (Å²) in [6.07, 6.45) is 3.94. The summed E-state index contributed by atoms with van der Waals surface area (Å²) in [5.74, 6) is 6.44. The summed E-state index contributed by atoms with van der Waals surface area (Å²) in [7, 11) is 1.86. The fraction of sp³-hybridized carbons (Fsp3) is 0.308. The Hall–Kier alpha value is -1.99. The minimum atomic E-state index is -2.87. The molecule has 108 valence electrons. The third kappa shape index (κ3) is 3.31. The predicted molar refractivity (Wildman–Crippen MR) is 70.1 cm³/mol. The molecule has 0 spiro atoms. The topological polar surface area (TPSA) is 65.1 Å². The van der Waals surface area contributed by atoms with Crippen LogP contribution < -0.4 is 16.0 Å². The lowest BCUT2D eigenvalue weighted by atomic mass is 10.0. The van der Waals surface area contributed by atoms with Gasteiger partial charge in [-0.05, 0) is 6.07 Å². The zero-order chi connectivity index (χ0) is 14.5. The number of rotatable bonds is 6. The number of halogens is 2. The molecule has 0 aliphatic carbocycles. The smallest absolute Gasteiger partial charge is 0.387 e. The maximum Gasteiger partial charge on any atom is 0.387 e. The molecule has 20 heavy (non-hydrogen) atoms. The monoisotopic (exact) mass is 282 g/mol. The van der Waals surface area contributed by atoms with E-state index in [2.05, 4.69) is 15.1 Å². The third-order valence-electron chi connectivity index (χ3n) is 3.02. The van der Waals surface area contributed by atoms with Gasteiger partial charge in [-0.1, -0.05) is 18.2 Å². The molecule has 0 fully saturated rings. The normalized spacial score (nSPS) is 12.7. The molecule has 2 rings (SSSR count). The zero-order valence-corrected chi connectivity index (χ0v) is 11.0. The van der Waals surface area contributed by atoms with Gasteiger partial charge in [0.25, 0.3) is 0 Å². The second kappa shape index (κ2) is 6.44. The number of benzene rings is 1. The summed E-state index contributed by atoms with van der Waals surface area (Å²) in [6, 6.07) is 6.20. The highest BCUT2D eigenvalue weighted by Crippen LogP contribution is 2.28. The number of imidazole rings is 1. The largest absolute Gasteiger partial charge is 0.434 e. The predicted octanol–water partition coefficient (Wildman–Crippen LogP) is 1.77. The Morgan fingerprint density at radius 1 is 1.40 bits per heavy atom. The minimum Gasteiger partial charge on any atom is -0.434 e. The number of alkyl halides is 2. The Labute approximate surface area is 115 Å². The molecule has 0 bridgehead atoms. The van der Waals surface area contributed by atoms with E-state index >= 15 is 0 Å². The fourth-order valence-corrected chi connectivity index (χ4v) is 2.01. The molecule has 2 aromatic rings. The van der Waals surface area contributed by atoms with Crippen molar-refractivity contribution in [2.24, 2.45) is 12.9 Å². The standard InChI is InChI=1S/C13H16F2N4O/c1-19-7-6-17-12(19)8-10(18-16)9-4-2-3-5-11(9)20-13(14)15/h2-7,10,13,18H,8,16H2,1H3. The van der Waals surface area contributed by atoms with E-state index in [9.17, 15) is 8.78 Å². The second-order valence-corrected chi connectivity index (χ2v) is 4.29. The number of nitrogens with zero attached hydrogens (tertiary/aromatic N) is 2. The molecule has 7 heteroatoms. The molecule has 5 nitrogen and oxygen atoms in total. The molecule has 0 aliphatic heterocycles. The van der Waals surface area contributed by atoms with Crippen molar-refractivity contribution in [3.05, 3.63) is 48.0 Å². The van der Waals surface area contributed by atoms with Crippen molar-refractivity contribution in [1.82, 2.24) is 15.0 Å². The van der Waals surface area contributed by atoms with E-state index in [1.807, 2.05) is 17.8 Å². The minimum absolute atomic E-state index is 0.111. The van der Waals surface area contributed by atoms with Crippen molar-refractivity contribution >= 4 is 0 Å². The van der Waals surface area contributed by atoms with Crippen molar-refractivity contribution in [3.8, 4) is 5.75 Å². The quantitative estimate of drug-likeness (QED) is 0.626. The molecule has 0 saturated carbocycles. The van der Waals surface area contributed by atoms with Crippen LogP contribution in [0.3, 0.4) is 0 Å². The van der Waals surface area contributed by atoms with Crippen molar-refractivity contribution in [2.75, 3.05) is 0 Å². The first-order chi connectivity index (χ1) is 9.61. The Bertz CT molecular complexity index is 559. The van der Waals surface area contributed by atoms with Crippen LogP contribution in [0.25, 0.3) is 0 Å². The molecule has 0 saturated heterocycles. The summed E-state index contributed by atoms with van der Waals surface area (Å²) < 4.78 is 31.2. The number of ether oxygens (including phenoxy) is 1. The molecule has 0 aliphatic rings. The Morgan fingerprint density at radius 2 is 2.15 bits per heavy atom. The molecule has 1 aromatic carbocycles. The van der Waals surface area contributed by atoms with Gasteiger partial charge in [-0.25, -0.2) is 4.98 Å². The maximum atomic E-state index is 12.4. The fourth-order valence-electron chi connectivity index (χ4n) is 2.01. The van der Waals surface area contributed by atoms with Crippen LogP contribution in [0.1, 0.15) is 17.4 Å². The van der Waals surface area contributed by atoms with E-state index in [0.717, 1.165) is 5.82 Å². The average molecular weight is 282 g/mol. The summed E-state index contributed by atoms with van der Waals surface area (Å²) in [6.45, 7) is -2.87. The van der Waals surface area contributed by atoms with Crippen LogP contribution in [0.4, 0.5) is 8.78 Å². The number of para-hydroxylation sites is 1. The molecule has 0 radical (unpaired) electrons. The summed E-state index contributed by atoms with van der Waals surface area (Å²) in [5, 5.41) is 0. The summed E-state index contributed by atoms with van der Waals surface area (Å²) >= 11 is 0. The molecular weight excluding hydrogens is 266 g/mol. The van der Waals surface area contributed by atoms with Gasteiger partial charge in [0.2, 0.25) is 0 Å². The highest BCUT2D eigenvalue weighted by atomic mass is 19.3. The van der Waals surface area contributed by atoms with Gasteiger partial charge in [0.1, 0.15) is 11.6 Å². The first-order valence-electron chi connectivity index (χ1n) is 6.08. The van der Waals surface area contributed by atoms with E-state index in [4.69, 9.17) is 5.84 Å². The molecule has 1 atom stereocenters. The zero-order valence-electron chi connectivity index (χ0n) is 11.0. The van der Waals surface area contributed by atoms with Crippen LogP contribution >= 0.6 is 0 Å². The van der Waals surface area contributed by atoms with E-state index in [-0.39, 0.29) is 11.8 Å². The van der Waals surface area contributed by atoms with Gasteiger partial charge in [-0.2, -0.15) is 8.78 Å². The van der Waals surface area contributed by atoms with Gasteiger partial charge in [-0.15, -0.1) is 0 Å². The SMILES string of the molecule is Cn1ccnc1CC(NN)c1ccccc1OC(F)F. The van der Waals surface area contributed by atoms with Crippen molar-refractivity contribution in [1.29, 1.82) is 0 Å². The van der Waals surface area contributed by atoms with Gasteiger partial charge < -0.3 is 9.30 Å². The van der Waals surface area contributed by atoms with Crippen LogP contribution in [0.2, 0.25) is 0 Å². The Kier molecular flexibility index (Phi) is 4.65. The van der Waals surface area contributed by atoms with Crippen molar-refractivity contribution in [3.63, 3.8) is 0 Å². The molecule has 1 unspecified atom stereocenters. The van der Waals surface area contributed by atoms with Gasteiger partial charge in [-0.3, -0.25) is 11.3 Å². The van der Waals surface area contributed by atoms with Crippen molar-refractivity contribution in [2.45, 2.75) is 19.1 Å². The number of aryl methyl sites for hydroxylation is 1. The van der Waals surface area contributed by atoms with Gasteiger partial charge >= 0.3 is 6.61 Å². The van der Waals surface area contributed by atoms with E-state index in [1.54, 1.807) is 24.4 Å². The number of nitrogens with one attached hydrogen (secondary N) is 1. The van der Waals surface area contributed by atoms with E-state index < -0.39 is 6.61 Å². The van der Waals surface area contributed by atoms with E-state index in [1.165, 1.54) is 6.07 Å². The maximum absolute atomic E-state index is 12.4.